The third kappa shape index (κ3) is 3.93. The molecule has 0 radical (unpaired) electrons. The number of nitrogen functional groups attached to an aromatic ring is 1. The van der Waals surface area contributed by atoms with E-state index in [-0.39, 0.29) is 0 Å². The molecule has 0 saturated heterocycles. The minimum Gasteiger partial charge on any atom is -0.455 e. The molecule has 1 aromatic heterocycles. The molecular formula is C41H28N2O2. The Kier molecular flexibility index (Phi) is 6.10. The molecule has 0 unspecified atom stereocenters. The van der Waals surface area contributed by atoms with Gasteiger partial charge in [-0.2, -0.15) is 0 Å². The van der Waals surface area contributed by atoms with Gasteiger partial charge in [-0.1, -0.05) is 122 Å². The molecule has 8 aromatic rings. The average Bonchev–Trinajstić information content (AvgIpc) is 3.46. The van der Waals surface area contributed by atoms with Gasteiger partial charge in [0.1, 0.15) is 16.9 Å². The van der Waals surface area contributed by atoms with Crippen LogP contribution in [0.2, 0.25) is 0 Å². The molecule has 2 N–H and O–H groups in total. The molecule has 4 heteroatoms. The Morgan fingerprint density at radius 2 is 1.29 bits per heavy atom. The second kappa shape index (κ2) is 10.3. The largest absolute Gasteiger partial charge is 0.455 e. The van der Waals surface area contributed by atoms with E-state index in [1.54, 1.807) is 6.08 Å². The first-order chi connectivity index (χ1) is 22.1. The minimum atomic E-state index is 0.425. The molecule has 0 aliphatic carbocycles. The van der Waals surface area contributed by atoms with Crippen LogP contribution < -0.4 is 5.73 Å². The Balaban J connectivity index is 1.43. The number of anilines is 1. The number of nitroso groups, excluding NO2 is 1. The molecule has 4 nitrogen and oxygen atoms in total. The lowest BCUT2D eigenvalue weighted by molar-refractivity contribution is 0.670. The van der Waals surface area contributed by atoms with E-state index in [2.05, 4.69) is 84.6 Å². The van der Waals surface area contributed by atoms with Gasteiger partial charge >= 0.3 is 0 Å². The lowest BCUT2D eigenvalue weighted by Gasteiger charge is -2.16. The summed E-state index contributed by atoms with van der Waals surface area (Å²) in [7, 11) is 0. The smallest absolute Gasteiger partial charge is 0.143 e. The maximum absolute atomic E-state index is 12.1. The molecule has 7 aromatic carbocycles. The molecule has 8 rings (SSSR count). The van der Waals surface area contributed by atoms with Crippen LogP contribution in [0.5, 0.6) is 0 Å². The van der Waals surface area contributed by atoms with E-state index >= 15 is 0 Å². The summed E-state index contributed by atoms with van der Waals surface area (Å²) in [6.07, 6.45) is 5.44. The zero-order valence-electron chi connectivity index (χ0n) is 24.7. The van der Waals surface area contributed by atoms with E-state index in [0.717, 1.165) is 93.3 Å². The number of fused-ring (bicyclic) bond motifs is 6. The van der Waals surface area contributed by atoms with E-state index in [4.69, 9.17) is 10.2 Å². The highest BCUT2D eigenvalue weighted by Crippen LogP contribution is 2.46. The predicted molar refractivity (Wildman–Crippen MR) is 191 cm³/mol. The first kappa shape index (κ1) is 26.6. The summed E-state index contributed by atoms with van der Waals surface area (Å²) < 4.78 is 6.67. The zero-order chi connectivity index (χ0) is 30.7. The fourth-order valence-corrected chi connectivity index (χ4v) is 7.00. The van der Waals surface area contributed by atoms with Gasteiger partial charge in [0, 0.05) is 43.7 Å². The molecule has 0 bridgehead atoms. The van der Waals surface area contributed by atoms with Gasteiger partial charge in [0.05, 0.1) is 0 Å². The van der Waals surface area contributed by atoms with Gasteiger partial charge in [0.2, 0.25) is 0 Å². The second-order valence-corrected chi connectivity index (χ2v) is 11.4. The van der Waals surface area contributed by atoms with Crippen molar-refractivity contribution < 1.29 is 4.42 Å². The summed E-state index contributed by atoms with van der Waals surface area (Å²) in [5, 5.41) is 11.6. The Morgan fingerprint density at radius 3 is 1.93 bits per heavy atom. The summed E-state index contributed by atoms with van der Waals surface area (Å²) in [4.78, 5) is 12.1. The van der Waals surface area contributed by atoms with Crippen LogP contribution >= 0.6 is 0 Å². The van der Waals surface area contributed by atoms with Crippen molar-refractivity contribution in [3.63, 3.8) is 0 Å². The molecule has 0 spiro atoms. The van der Waals surface area contributed by atoms with Crippen molar-refractivity contribution >= 4 is 71.7 Å². The van der Waals surface area contributed by atoms with Crippen LogP contribution in [0.15, 0.2) is 138 Å². The maximum atomic E-state index is 12.1. The Labute approximate surface area is 259 Å². The first-order valence-electron chi connectivity index (χ1n) is 14.9. The van der Waals surface area contributed by atoms with Crippen molar-refractivity contribution in [2.75, 3.05) is 5.73 Å². The highest BCUT2D eigenvalue weighted by atomic mass is 16.3. The number of benzene rings is 7. The molecule has 0 fully saturated rings. The number of nitrogens with two attached hydrogens (primary N) is 1. The topological polar surface area (TPSA) is 68.6 Å². The standard InChI is InChI=1S/C41H28N2O2/c1-3-4-12-26-24(2)37(29-15-7-10-18-32(29)40(26)43-44)34-20-11-19-33-35-23-25(21-22-36(35)45-41(33)34)38-27-13-5-8-16-30(27)39(42)31-17-9-6-14-28(31)38/h3-23H,1,42H2,2H3/b12-4-. The minimum absolute atomic E-state index is 0.425. The lowest BCUT2D eigenvalue weighted by atomic mass is 9.88. The van der Waals surface area contributed by atoms with Crippen molar-refractivity contribution in [2.24, 2.45) is 5.18 Å². The SMILES string of the molecule is C=C/C=C\c1c(C)c(-c2cccc3c2oc2ccc(-c4c5ccccc5c(N)c5ccccc45)cc23)c2ccccc2c1N=O. The molecule has 0 aliphatic heterocycles. The summed E-state index contributed by atoms with van der Waals surface area (Å²) in [6, 6.07) is 37.3. The Morgan fingerprint density at radius 1 is 0.689 bits per heavy atom. The summed E-state index contributed by atoms with van der Waals surface area (Å²) in [5.74, 6) is 0. The van der Waals surface area contributed by atoms with Crippen LogP contribution in [0.1, 0.15) is 11.1 Å². The summed E-state index contributed by atoms with van der Waals surface area (Å²) >= 11 is 0. The number of para-hydroxylation sites is 1. The van der Waals surface area contributed by atoms with Gasteiger partial charge < -0.3 is 10.2 Å². The van der Waals surface area contributed by atoms with Crippen molar-refractivity contribution in [1.82, 2.24) is 0 Å². The van der Waals surface area contributed by atoms with Gasteiger partial charge in [-0.25, -0.2) is 0 Å². The van der Waals surface area contributed by atoms with E-state index in [1.807, 2.05) is 55.5 Å². The lowest BCUT2D eigenvalue weighted by Crippen LogP contribution is -1.93. The fraction of sp³-hybridized carbons (Fsp3) is 0.0244. The monoisotopic (exact) mass is 580 g/mol. The molecule has 0 aliphatic rings. The van der Waals surface area contributed by atoms with Crippen LogP contribution in [0.4, 0.5) is 11.4 Å². The van der Waals surface area contributed by atoms with Crippen LogP contribution in [0.25, 0.3) is 82.6 Å². The fourth-order valence-electron chi connectivity index (χ4n) is 7.00. The second-order valence-electron chi connectivity index (χ2n) is 11.4. The molecule has 0 amide bonds. The van der Waals surface area contributed by atoms with Crippen molar-refractivity contribution in [2.45, 2.75) is 6.92 Å². The van der Waals surface area contributed by atoms with E-state index < -0.39 is 0 Å². The molecule has 1 heterocycles. The number of allylic oxidation sites excluding steroid dienone is 2. The van der Waals surface area contributed by atoms with Crippen molar-refractivity contribution in [3.8, 4) is 22.3 Å². The van der Waals surface area contributed by atoms with E-state index in [1.165, 1.54) is 0 Å². The van der Waals surface area contributed by atoms with Crippen LogP contribution in [-0.2, 0) is 0 Å². The normalized spacial score (nSPS) is 11.8. The van der Waals surface area contributed by atoms with Crippen LogP contribution in [0.3, 0.4) is 0 Å². The number of hydrogen-bond acceptors (Lipinski definition) is 4. The van der Waals surface area contributed by atoms with Gasteiger partial charge in [0.15, 0.2) is 0 Å². The molecule has 45 heavy (non-hydrogen) atoms. The number of nitrogens with zero attached hydrogens (tertiary/aromatic N) is 1. The van der Waals surface area contributed by atoms with E-state index in [0.29, 0.717) is 5.69 Å². The van der Waals surface area contributed by atoms with Crippen molar-refractivity contribution in [1.29, 1.82) is 0 Å². The molecule has 0 atom stereocenters. The summed E-state index contributed by atoms with van der Waals surface area (Å²) in [5.41, 5.74) is 15.5. The Bertz CT molecular complexity index is 2500. The highest BCUT2D eigenvalue weighted by Gasteiger charge is 2.21. The zero-order valence-corrected chi connectivity index (χ0v) is 24.7. The summed E-state index contributed by atoms with van der Waals surface area (Å²) in [6.45, 7) is 5.86. The third-order valence-corrected chi connectivity index (χ3v) is 9.00. The van der Waals surface area contributed by atoms with Crippen LogP contribution in [0, 0.1) is 11.8 Å². The highest BCUT2D eigenvalue weighted by molar-refractivity contribution is 6.21. The van der Waals surface area contributed by atoms with Gasteiger partial charge in [-0.3, -0.25) is 0 Å². The molecule has 0 saturated carbocycles. The first-order valence-corrected chi connectivity index (χ1v) is 14.9. The van der Waals surface area contributed by atoms with Gasteiger partial charge in [0.25, 0.3) is 0 Å². The molecular weight excluding hydrogens is 552 g/mol. The van der Waals surface area contributed by atoms with Crippen molar-refractivity contribution in [3.05, 3.63) is 144 Å². The van der Waals surface area contributed by atoms with Gasteiger partial charge in [-0.15, -0.1) is 4.91 Å². The number of rotatable bonds is 5. The third-order valence-electron chi connectivity index (χ3n) is 9.00. The average molecular weight is 581 g/mol. The van der Waals surface area contributed by atoms with Gasteiger partial charge in [-0.05, 0) is 62.6 Å². The predicted octanol–water partition coefficient (Wildman–Crippen LogP) is 11.9. The van der Waals surface area contributed by atoms with E-state index in [9.17, 15) is 4.91 Å². The Hall–Kier alpha value is -6.00. The van der Waals surface area contributed by atoms with Crippen LogP contribution in [-0.4, -0.2) is 0 Å². The number of hydrogen-bond donors (Lipinski definition) is 1. The molecule has 214 valence electrons. The maximum Gasteiger partial charge on any atom is 0.143 e. The quantitative estimate of drug-likeness (QED) is 0.0953. The number of furan rings is 1.